The number of amides is 1. The fourth-order valence-corrected chi connectivity index (χ4v) is 4.72. The van der Waals surface area contributed by atoms with Crippen molar-refractivity contribution in [2.45, 2.75) is 19.8 Å². The lowest BCUT2D eigenvalue weighted by atomic mass is 9.75. The van der Waals surface area contributed by atoms with Crippen LogP contribution < -0.4 is 9.80 Å². The summed E-state index contributed by atoms with van der Waals surface area (Å²) in [6.45, 7) is 2.58. The van der Waals surface area contributed by atoms with Crippen molar-refractivity contribution in [2.75, 3.05) is 30.4 Å². The Labute approximate surface area is 175 Å². The molecule has 4 heterocycles. The van der Waals surface area contributed by atoms with Crippen molar-refractivity contribution in [3.05, 3.63) is 42.9 Å². The Balaban J connectivity index is 1.55. The average Bonchev–Trinajstić information content (AvgIpc) is 3.44. The number of carbonyl (C=O) groups excluding carboxylic acids is 1. The quantitative estimate of drug-likeness (QED) is 0.671. The van der Waals surface area contributed by atoms with E-state index in [2.05, 4.69) is 16.2 Å². The molecular weight excluding hydrogens is 376 g/mol. The van der Waals surface area contributed by atoms with Gasteiger partial charge in [-0.25, -0.2) is 9.50 Å². The summed E-state index contributed by atoms with van der Waals surface area (Å²) in [7, 11) is 3.92. The molecule has 1 aliphatic heterocycles. The number of nitriles is 1. The molecule has 0 unspecified atom stereocenters. The Morgan fingerprint density at radius 3 is 2.67 bits per heavy atom. The molecule has 7 heteroatoms. The van der Waals surface area contributed by atoms with Crippen LogP contribution in [-0.4, -0.2) is 41.1 Å². The molecule has 0 radical (unpaired) electrons. The molecule has 5 rings (SSSR count). The van der Waals surface area contributed by atoms with E-state index in [1.807, 2.05) is 62.6 Å². The van der Waals surface area contributed by atoms with Gasteiger partial charge in [0, 0.05) is 56.3 Å². The summed E-state index contributed by atoms with van der Waals surface area (Å²) in [4.78, 5) is 21.7. The number of rotatable bonds is 4. The predicted octanol–water partition coefficient (Wildman–Crippen LogP) is 3.36. The number of nitrogens with zero attached hydrogens (tertiary/aromatic N) is 6. The number of fused-ring (bicyclic) bond motifs is 1. The molecule has 3 aromatic rings. The highest BCUT2D eigenvalue weighted by Gasteiger charge is 2.61. The van der Waals surface area contributed by atoms with E-state index in [-0.39, 0.29) is 17.7 Å². The molecule has 2 atom stereocenters. The fraction of sp³-hybridized carbons (Fsp3) is 0.391. The van der Waals surface area contributed by atoms with Gasteiger partial charge in [-0.3, -0.25) is 4.79 Å². The Morgan fingerprint density at radius 2 is 2.03 bits per heavy atom. The van der Waals surface area contributed by atoms with Gasteiger partial charge < -0.3 is 9.80 Å². The van der Waals surface area contributed by atoms with Crippen LogP contribution in [0.1, 0.15) is 19.8 Å². The highest BCUT2D eigenvalue weighted by molar-refractivity contribution is 6.05. The van der Waals surface area contributed by atoms with Crippen LogP contribution in [-0.2, 0) is 4.79 Å². The highest BCUT2D eigenvalue weighted by Crippen LogP contribution is 2.54. The van der Waals surface area contributed by atoms with E-state index < -0.39 is 5.41 Å². The van der Waals surface area contributed by atoms with Gasteiger partial charge in [-0.15, -0.1) is 0 Å². The zero-order valence-corrected chi connectivity index (χ0v) is 17.4. The highest BCUT2D eigenvalue weighted by atomic mass is 16.2. The van der Waals surface area contributed by atoms with Gasteiger partial charge in [-0.2, -0.15) is 10.4 Å². The van der Waals surface area contributed by atoms with Gasteiger partial charge in [0.1, 0.15) is 11.2 Å². The molecule has 0 aromatic carbocycles. The topological polar surface area (TPSA) is 77.5 Å². The van der Waals surface area contributed by atoms with Gasteiger partial charge in [0.25, 0.3) is 0 Å². The summed E-state index contributed by atoms with van der Waals surface area (Å²) >= 11 is 0. The van der Waals surface area contributed by atoms with Crippen LogP contribution in [0.15, 0.2) is 42.9 Å². The van der Waals surface area contributed by atoms with Gasteiger partial charge in [-0.1, -0.05) is 6.92 Å². The Bertz CT molecular complexity index is 1170. The molecule has 152 valence electrons. The minimum atomic E-state index is -0.887. The first-order valence-electron chi connectivity index (χ1n) is 10.3. The van der Waals surface area contributed by atoms with E-state index in [0.29, 0.717) is 6.54 Å². The minimum Gasteiger partial charge on any atom is -0.363 e. The summed E-state index contributed by atoms with van der Waals surface area (Å²) in [5, 5.41) is 14.4. The normalized spacial score (nSPS) is 23.7. The summed E-state index contributed by atoms with van der Waals surface area (Å²) in [5.74, 6) is 1.03. The maximum atomic E-state index is 13.4. The van der Waals surface area contributed by atoms with E-state index in [0.717, 1.165) is 41.0 Å². The third kappa shape index (κ3) is 2.60. The number of aromatic nitrogens is 3. The maximum absolute atomic E-state index is 13.4. The number of hydrogen-bond donors (Lipinski definition) is 0. The molecule has 2 fully saturated rings. The van der Waals surface area contributed by atoms with E-state index in [1.54, 1.807) is 15.6 Å². The lowest BCUT2D eigenvalue weighted by Gasteiger charge is -2.23. The third-order valence-corrected chi connectivity index (χ3v) is 6.56. The zero-order valence-electron chi connectivity index (χ0n) is 17.4. The van der Waals surface area contributed by atoms with Crippen molar-refractivity contribution < 1.29 is 4.79 Å². The smallest absolute Gasteiger partial charge is 0.248 e. The monoisotopic (exact) mass is 400 g/mol. The van der Waals surface area contributed by atoms with Crippen LogP contribution in [0.2, 0.25) is 0 Å². The van der Waals surface area contributed by atoms with Crippen LogP contribution in [0.3, 0.4) is 0 Å². The van der Waals surface area contributed by atoms with Crippen molar-refractivity contribution in [3.8, 4) is 17.2 Å². The summed E-state index contributed by atoms with van der Waals surface area (Å²) < 4.78 is 1.80. The maximum Gasteiger partial charge on any atom is 0.248 e. The Morgan fingerprint density at radius 1 is 1.23 bits per heavy atom. The molecule has 30 heavy (non-hydrogen) atoms. The third-order valence-electron chi connectivity index (χ3n) is 6.56. The van der Waals surface area contributed by atoms with Crippen LogP contribution in [0.5, 0.6) is 0 Å². The molecule has 7 nitrogen and oxygen atoms in total. The predicted molar refractivity (Wildman–Crippen MR) is 115 cm³/mol. The van der Waals surface area contributed by atoms with E-state index >= 15 is 0 Å². The van der Waals surface area contributed by atoms with Gasteiger partial charge >= 0.3 is 0 Å². The van der Waals surface area contributed by atoms with Gasteiger partial charge in [0.05, 0.1) is 17.3 Å². The summed E-state index contributed by atoms with van der Waals surface area (Å²) in [6, 6.07) is 10.3. The molecule has 0 bridgehead atoms. The average molecular weight is 400 g/mol. The first-order chi connectivity index (χ1) is 14.5. The van der Waals surface area contributed by atoms with Crippen LogP contribution in [0.4, 0.5) is 11.5 Å². The minimum absolute atomic E-state index is 0.00734. The largest absolute Gasteiger partial charge is 0.363 e. The van der Waals surface area contributed by atoms with Crippen LogP contribution in [0, 0.1) is 28.6 Å². The fourth-order valence-electron chi connectivity index (χ4n) is 4.72. The number of pyridine rings is 1. The van der Waals surface area contributed by atoms with Crippen molar-refractivity contribution in [3.63, 3.8) is 0 Å². The second-order valence-electron chi connectivity index (χ2n) is 8.65. The Kier molecular flexibility index (Phi) is 4.07. The first-order valence-corrected chi connectivity index (χ1v) is 10.3. The summed E-state index contributed by atoms with van der Waals surface area (Å²) in [6.07, 6.45) is 7.44. The van der Waals surface area contributed by atoms with Crippen molar-refractivity contribution in [1.29, 1.82) is 5.26 Å². The van der Waals surface area contributed by atoms with Gasteiger partial charge in [-0.05, 0) is 43.0 Å². The number of carbonyl (C=O) groups is 1. The molecule has 0 N–H and O–H groups in total. The summed E-state index contributed by atoms with van der Waals surface area (Å²) in [5.41, 5.74) is 2.75. The molecule has 3 aromatic heterocycles. The number of hydrogen-bond acceptors (Lipinski definition) is 5. The molecule has 1 saturated carbocycles. The van der Waals surface area contributed by atoms with Gasteiger partial charge in [0.2, 0.25) is 5.91 Å². The number of anilines is 2. The SMILES string of the molecule is C[C@@H]1CN(c2ccnn3cc(-c4ccc(N(C)C)nc4)cc23)C(=O)[C@]1(C#N)C1CC1. The van der Waals surface area contributed by atoms with E-state index in [4.69, 9.17) is 0 Å². The molecule has 1 aliphatic carbocycles. The van der Waals surface area contributed by atoms with Gasteiger partial charge in [0.15, 0.2) is 0 Å². The van der Waals surface area contributed by atoms with E-state index in [1.165, 1.54) is 0 Å². The van der Waals surface area contributed by atoms with Crippen molar-refractivity contribution in [2.24, 2.45) is 17.3 Å². The molecule has 0 spiro atoms. The second-order valence-corrected chi connectivity index (χ2v) is 8.65. The van der Waals surface area contributed by atoms with Crippen LogP contribution in [0.25, 0.3) is 16.6 Å². The second kappa shape index (κ2) is 6.56. The molecular formula is C23H24N6O. The van der Waals surface area contributed by atoms with E-state index in [9.17, 15) is 10.1 Å². The lowest BCUT2D eigenvalue weighted by molar-refractivity contribution is -0.124. The zero-order chi connectivity index (χ0) is 21.0. The molecule has 1 saturated heterocycles. The van der Waals surface area contributed by atoms with Crippen LogP contribution >= 0.6 is 0 Å². The lowest BCUT2D eigenvalue weighted by Crippen LogP contribution is -2.37. The van der Waals surface area contributed by atoms with Crippen molar-refractivity contribution >= 4 is 22.9 Å². The van der Waals surface area contributed by atoms with Crippen molar-refractivity contribution in [1.82, 2.24) is 14.6 Å². The standard InChI is InChI=1S/C23H24N6O/c1-15-12-28(22(30)23(15,14-24)18-5-6-18)19-8-9-26-29-13-17(10-20(19)29)16-4-7-21(25-11-16)27(2)3/h4,7-11,13,15,18H,5-6,12H2,1-3H3/t15-,23+/m1/s1. The molecule has 2 aliphatic rings. The Hall–Kier alpha value is -3.40. The first kappa shape index (κ1) is 18.6. The molecule has 1 amide bonds.